The fraction of sp³-hybridized carbons (Fsp3) is 0.395. The number of carbonyl (C=O) groups excluding carboxylic acids is 4. The summed E-state index contributed by atoms with van der Waals surface area (Å²) in [5.74, 6) is -5.70. The molecule has 13 aliphatic rings. The van der Waals surface area contributed by atoms with Gasteiger partial charge in [-0.05, 0) is 161 Å². The van der Waals surface area contributed by atoms with Gasteiger partial charge in [-0.25, -0.2) is 30.0 Å². The second-order valence-corrected chi connectivity index (χ2v) is 26.5. The van der Waals surface area contributed by atoms with Crippen LogP contribution in [0.25, 0.3) is 0 Å². The molecule has 18 heteroatoms. The molecule has 2 saturated heterocycles. The summed E-state index contributed by atoms with van der Waals surface area (Å²) in [7, 11) is 2.74. The number of rotatable bonds is 14. The summed E-state index contributed by atoms with van der Waals surface area (Å²) >= 11 is 0. The predicted molar refractivity (Wildman–Crippen MR) is 367 cm³/mol. The Morgan fingerprint density at radius 3 is 1.28 bits per heavy atom. The molecule has 2 amide bonds. The first-order valence-corrected chi connectivity index (χ1v) is 33.1. The molecule has 6 N–H and O–H groups in total. The first-order valence-electron chi connectivity index (χ1n) is 33.1. The van der Waals surface area contributed by atoms with Crippen LogP contribution in [0.3, 0.4) is 0 Å². The van der Waals surface area contributed by atoms with Crippen molar-refractivity contribution in [1.29, 1.82) is 0 Å². The number of amides is 2. The standard InChI is InChI=1S/C76H82N10O8/c1-15-41-33(5)49-27-53-37(9)45(23-25-61(87)93-13)69(81-53)65-67(73(89)63-39(11)55(83-71(63)65)31-59-43(17-3)35(7)51(79-59)29-57(41)77-49)75(91)85-47-21-19-20-22-48(47)86-76(92)68-66-70-46(24-26-62(88)94-14)38(10)54(82-70)28-50-34(6)42(16-2)58(78-50)30-52-36(8)44(18-4)60(80-52)32-56-40(12)64(74(68)90)72(66)84-56/h15-16,27-32,37-38,45-48,67-68,81-82,89-90H,1-2,17-26H2,3-14H3,(H,85,91)(H,86,92)/t37-,38-,45-,46-,47-,48-,67-,68-/m0/s1. The molecule has 0 unspecified atom stereocenters. The highest BCUT2D eigenvalue weighted by molar-refractivity contribution is 6.26. The van der Waals surface area contributed by atoms with E-state index in [4.69, 9.17) is 39.4 Å². The Hall–Kier alpha value is -9.58. The number of allylic oxidation sites excluding steroid dienone is 22. The molecule has 0 spiro atoms. The number of hydrogen-bond donors (Lipinski definition) is 6. The van der Waals surface area contributed by atoms with Crippen molar-refractivity contribution in [3.63, 3.8) is 0 Å². The predicted octanol–water partition coefficient (Wildman–Crippen LogP) is 12.6. The number of fused-ring (bicyclic) bond motifs is 10. The van der Waals surface area contributed by atoms with Crippen molar-refractivity contribution in [2.24, 2.45) is 65.5 Å². The van der Waals surface area contributed by atoms with Gasteiger partial charge in [-0.3, -0.25) is 19.2 Å². The minimum Gasteiger partial charge on any atom is -0.510 e. The smallest absolute Gasteiger partial charge is 0.305 e. The van der Waals surface area contributed by atoms with Gasteiger partial charge in [0, 0.05) is 105 Å². The van der Waals surface area contributed by atoms with Gasteiger partial charge in [0.05, 0.1) is 82.7 Å². The van der Waals surface area contributed by atoms with Crippen LogP contribution in [0.1, 0.15) is 133 Å². The first-order chi connectivity index (χ1) is 45.1. The molecule has 10 aliphatic heterocycles. The molecule has 0 aromatic carbocycles. The zero-order valence-corrected chi connectivity index (χ0v) is 55.8. The van der Waals surface area contributed by atoms with Gasteiger partial charge in [-0.2, -0.15) is 0 Å². The second-order valence-electron chi connectivity index (χ2n) is 26.5. The van der Waals surface area contributed by atoms with Crippen LogP contribution in [0.15, 0.2) is 238 Å². The average molecular weight is 1260 g/mol. The summed E-state index contributed by atoms with van der Waals surface area (Å²) in [6.07, 6.45) is 20.4. The molecule has 3 aliphatic carbocycles. The van der Waals surface area contributed by atoms with Gasteiger partial charge in [0.1, 0.15) is 23.4 Å². The summed E-state index contributed by atoms with van der Waals surface area (Å²) in [4.78, 5) is 89.1. The molecule has 8 atom stereocenters. The van der Waals surface area contributed by atoms with E-state index in [1.807, 2.05) is 76.3 Å². The van der Waals surface area contributed by atoms with Crippen LogP contribution in [0.2, 0.25) is 0 Å². The number of hydrogen-bond acceptors (Lipinski definition) is 16. The molecule has 0 aromatic heterocycles. The Labute approximate surface area is 549 Å². The highest BCUT2D eigenvalue weighted by Gasteiger charge is 2.52. The van der Waals surface area contributed by atoms with Crippen LogP contribution in [0.5, 0.6) is 0 Å². The number of carbonyl (C=O) groups is 4. The summed E-state index contributed by atoms with van der Waals surface area (Å²) in [6.45, 7) is 28.7. The number of methoxy groups -OCH3 is 2. The SMILES string of the molecule is C=CC1=C(C)C2=NC1=CC1=NC(=CC3=C(C)C4=C(O)[C@@H](C(=O)N[C@H]5CCCC[C@@H]5NC(=O)[C@@H]5C(O)=C6C7=NC(=C6C)C=C6N=C(C=C8N=C(C=C9NC(=C75)[C@@H](CCC(=O)OC)[C@@H]9C)C(C)=C8C=C)C(C)=C6CC)C(=C5NC(=C2)[C@@H](C)[C@@H]5CCC(=O)OC)C4=N3)C(CC)=C1C. The largest absolute Gasteiger partial charge is 0.510 e. The summed E-state index contributed by atoms with van der Waals surface area (Å²) < 4.78 is 10.4. The van der Waals surface area contributed by atoms with Crippen LogP contribution in [-0.4, -0.2) is 94.5 Å². The van der Waals surface area contributed by atoms with E-state index in [0.29, 0.717) is 106 Å². The molecule has 1 saturated carbocycles. The molecule has 0 aromatic rings. The Morgan fingerprint density at radius 1 is 0.543 bits per heavy atom. The fourth-order valence-corrected chi connectivity index (χ4v) is 16.1. The molecule has 13 rings (SSSR count). The minimum absolute atomic E-state index is 0.0917. The highest BCUT2D eigenvalue weighted by atomic mass is 16.5. The average Bonchev–Trinajstić information content (AvgIpc) is 1.57. The second kappa shape index (κ2) is 24.4. The van der Waals surface area contributed by atoms with Gasteiger partial charge in [0.2, 0.25) is 11.8 Å². The van der Waals surface area contributed by atoms with Crippen molar-refractivity contribution in [2.45, 2.75) is 146 Å². The van der Waals surface area contributed by atoms with Crippen molar-refractivity contribution < 1.29 is 38.9 Å². The maximum Gasteiger partial charge on any atom is 0.305 e. The first kappa shape index (κ1) is 63.2. The van der Waals surface area contributed by atoms with E-state index in [0.717, 1.165) is 114 Å². The van der Waals surface area contributed by atoms with Gasteiger partial charge >= 0.3 is 11.9 Å². The lowest BCUT2D eigenvalue weighted by atomic mass is 9.83. The van der Waals surface area contributed by atoms with Crippen LogP contribution in [0.4, 0.5) is 0 Å². The Balaban J connectivity index is 0.900. The van der Waals surface area contributed by atoms with E-state index in [1.54, 1.807) is 0 Å². The lowest BCUT2D eigenvalue weighted by Crippen LogP contribution is -2.55. The molecule has 484 valence electrons. The minimum atomic E-state index is -1.25. The Kier molecular flexibility index (Phi) is 16.4. The number of aliphatic hydroxyl groups excluding tert-OH is 2. The zero-order chi connectivity index (χ0) is 66.6. The molecular formula is C76H82N10O8. The van der Waals surface area contributed by atoms with Crippen LogP contribution in [-0.2, 0) is 28.7 Å². The highest BCUT2D eigenvalue weighted by Crippen LogP contribution is 2.52. The monoisotopic (exact) mass is 1260 g/mol. The lowest BCUT2D eigenvalue weighted by molar-refractivity contribution is -0.141. The third-order valence-electron chi connectivity index (χ3n) is 21.6. The van der Waals surface area contributed by atoms with Crippen molar-refractivity contribution in [1.82, 2.24) is 21.3 Å². The zero-order valence-electron chi connectivity index (χ0n) is 55.8. The number of nitrogens with zero attached hydrogens (tertiary/aromatic N) is 6. The molecule has 18 nitrogen and oxygen atoms in total. The van der Waals surface area contributed by atoms with Crippen molar-refractivity contribution >= 4 is 58.0 Å². The quantitative estimate of drug-likeness (QED) is 0.0898. The van der Waals surface area contributed by atoms with Crippen LogP contribution >= 0.6 is 0 Å². The van der Waals surface area contributed by atoms with E-state index in [2.05, 4.69) is 76.0 Å². The van der Waals surface area contributed by atoms with Crippen molar-refractivity contribution in [3.05, 3.63) is 208 Å². The summed E-state index contributed by atoms with van der Waals surface area (Å²) in [6, 6.07) is -1.24. The van der Waals surface area contributed by atoms with E-state index in [-0.39, 0.29) is 60.0 Å². The van der Waals surface area contributed by atoms with Crippen molar-refractivity contribution in [3.8, 4) is 0 Å². The number of aliphatic imine (C=N–C) groups is 6. The van der Waals surface area contributed by atoms with E-state index < -0.39 is 35.7 Å². The third kappa shape index (κ3) is 10.2. The van der Waals surface area contributed by atoms with Gasteiger partial charge in [0.25, 0.3) is 0 Å². The van der Waals surface area contributed by atoms with E-state index in [9.17, 15) is 19.8 Å². The van der Waals surface area contributed by atoms with Gasteiger partial charge < -0.3 is 41.0 Å². The molecule has 10 heterocycles. The number of aliphatic hydroxyl groups is 2. The lowest BCUT2D eigenvalue weighted by Gasteiger charge is -2.34. The molecular weight excluding hydrogens is 1180 g/mol. The molecule has 16 bridgehead atoms. The molecule has 3 fully saturated rings. The van der Waals surface area contributed by atoms with E-state index >= 15 is 9.59 Å². The normalized spacial score (nSPS) is 27.4. The Morgan fingerprint density at radius 2 is 0.915 bits per heavy atom. The third-order valence-corrected chi connectivity index (χ3v) is 21.6. The maximum atomic E-state index is 15.8. The van der Waals surface area contributed by atoms with Crippen LogP contribution < -0.4 is 21.3 Å². The number of esters is 2. The molecule has 0 radical (unpaired) electrons. The van der Waals surface area contributed by atoms with Gasteiger partial charge in [-0.15, -0.1) is 0 Å². The van der Waals surface area contributed by atoms with Crippen molar-refractivity contribution in [2.75, 3.05) is 14.2 Å². The summed E-state index contributed by atoms with van der Waals surface area (Å²) in [5, 5.41) is 40.1. The number of nitrogens with one attached hydrogen (secondary N) is 4. The number of ether oxygens (including phenoxy) is 2. The topological polar surface area (TPSA) is 249 Å². The van der Waals surface area contributed by atoms with Gasteiger partial charge in [0.15, 0.2) is 0 Å². The maximum absolute atomic E-state index is 15.8. The molecule has 94 heavy (non-hydrogen) atoms. The van der Waals surface area contributed by atoms with Crippen LogP contribution in [0, 0.1) is 35.5 Å². The summed E-state index contributed by atoms with van der Waals surface area (Å²) in [5.41, 5.74) is 22.1. The van der Waals surface area contributed by atoms with Gasteiger partial charge in [-0.1, -0.05) is 65.8 Å². The Bertz CT molecular complexity index is 4110. The van der Waals surface area contributed by atoms with E-state index in [1.165, 1.54) is 14.2 Å². The fourth-order valence-electron chi connectivity index (χ4n) is 16.1.